The summed E-state index contributed by atoms with van der Waals surface area (Å²) in [6.07, 6.45) is 0.785. The van der Waals surface area contributed by atoms with Gasteiger partial charge in [-0.2, -0.15) is 0 Å². The van der Waals surface area contributed by atoms with Gasteiger partial charge in [0.25, 0.3) is 0 Å². The molecule has 0 radical (unpaired) electrons. The minimum absolute atomic E-state index is 0.0293. The highest BCUT2D eigenvalue weighted by Gasteiger charge is 2.41. The largest absolute Gasteiger partial charge is 0.398 e. The zero-order valence-electron chi connectivity index (χ0n) is 14.4. The first-order valence-electron chi connectivity index (χ1n) is 7.58. The summed E-state index contributed by atoms with van der Waals surface area (Å²) in [4.78, 5) is 18.0. The van der Waals surface area contributed by atoms with E-state index in [0.29, 0.717) is 0 Å². The molecule has 0 unspecified atom stereocenters. The molecule has 0 spiro atoms. The van der Waals surface area contributed by atoms with Crippen molar-refractivity contribution in [1.82, 2.24) is 9.97 Å². The molecule has 142 valence electrons. The van der Waals surface area contributed by atoms with Crippen LogP contribution in [0.4, 0.5) is 5.69 Å². The molecule has 0 amide bonds. The first-order chi connectivity index (χ1) is 11.8. The lowest BCUT2D eigenvalue weighted by Crippen LogP contribution is -2.28. The molecular formula is C12H21N3O8P2. The van der Waals surface area contributed by atoms with Gasteiger partial charge in [0.15, 0.2) is 0 Å². The van der Waals surface area contributed by atoms with Gasteiger partial charge in [-0.05, 0) is 27.7 Å². The van der Waals surface area contributed by atoms with E-state index in [1.54, 1.807) is 27.7 Å². The Morgan fingerprint density at radius 1 is 0.960 bits per heavy atom. The van der Waals surface area contributed by atoms with Gasteiger partial charge in [0, 0.05) is 0 Å². The molecule has 1 aromatic rings. The predicted molar refractivity (Wildman–Crippen MR) is 89.7 cm³/mol. The second-order valence-electron chi connectivity index (χ2n) is 4.30. The number of hydrogen-bond acceptors (Lipinski definition) is 10. The van der Waals surface area contributed by atoms with E-state index in [1.165, 1.54) is 0 Å². The summed E-state index contributed by atoms with van der Waals surface area (Å²) in [5.41, 5.74) is -1.71. The van der Waals surface area contributed by atoms with Crippen molar-refractivity contribution in [1.29, 1.82) is 0 Å². The Labute approximate surface area is 145 Å². The fourth-order valence-electron chi connectivity index (χ4n) is 1.81. The standard InChI is InChI=1S/C12H21N3O8P2/c1-5-20-24(18,21-6-2)11-10(15(16)17)9-13-12(14-11)25(19,22-7-3)23-8-4/h9H,5-8H2,1-4H3. The van der Waals surface area contributed by atoms with Crippen LogP contribution in [0.25, 0.3) is 0 Å². The quantitative estimate of drug-likeness (QED) is 0.310. The number of aromatic nitrogens is 2. The lowest BCUT2D eigenvalue weighted by atomic mass is 10.6. The molecule has 0 atom stereocenters. The highest BCUT2D eigenvalue weighted by Crippen LogP contribution is 2.50. The van der Waals surface area contributed by atoms with Crippen LogP contribution in [0, 0.1) is 10.1 Å². The highest BCUT2D eigenvalue weighted by atomic mass is 31.2. The average molecular weight is 397 g/mol. The van der Waals surface area contributed by atoms with Crippen molar-refractivity contribution in [3.8, 4) is 0 Å². The van der Waals surface area contributed by atoms with Gasteiger partial charge in [-0.3, -0.25) is 19.2 Å². The fourth-order valence-corrected chi connectivity index (χ4v) is 4.93. The molecule has 0 fully saturated rings. The van der Waals surface area contributed by atoms with Crippen molar-refractivity contribution in [2.24, 2.45) is 0 Å². The van der Waals surface area contributed by atoms with E-state index in [9.17, 15) is 19.2 Å². The lowest BCUT2D eigenvalue weighted by Gasteiger charge is -2.18. The summed E-state index contributed by atoms with van der Waals surface area (Å²) in [6, 6.07) is 0. The summed E-state index contributed by atoms with van der Waals surface area (Å²) < 4.78 is 46.1. The van der Waals surface area contributed by atoms with Gasteiger partial charge < -0.3 is 18.1 Å². The summed E-state index contributed by atoms with van der Waals surface area (Å²) >= 11 is 0. The van der Waals surface area contributed by atoms with Gasteiger partial charge >= 0.3 is 20.9 Å². The topological polar surface area (TPSA) is 140 Å². The van der Waals surface area contributed by atoms with Crippen molar-refractivity contribution in [3.05, 3.63) is 16.3 Å². The zero-order chi connectivity index (χ0) is 19.1. The molecule has 25 heavy (non-hydrogen) atoms. The van der Waals surface area contributed by atoms with Crippen molar-refractivity contribution >= 4 is 31.9 Å². The maximum absolute atomic E-state index is 12.9. The third-order valence-electron chi connectivity index (χ3n) is 2.63. The first kappa shape index (κ1) is 21.8. The first-order valence-corrected chi connectivity index (χ1v) is 10.7. The number of nitro groups is 1. The monoisotopic (exact) mass is 397 g/mol. The Balaban J connectivity index is 3.61. The van der Waals surface area contributed by atoms with Crippen LogP contribution in [-0.2, 0) is 27.2 Å². The molecule has 0 saturated carbocycles. The minimum atomic E-state index is -4.12. The van der Waals surface area contributed by atoms with Gasteiger partial charge in [-0.25, -0.2) is 9.97 Å². The van der Waals surface area contributed by atoms with Crippen LogP contribution in [0.5, 0.6) is 0 Å². The van der Waals surface area contributed by atoms with E-state index in [-0.39, 0.29) is 26.4 Å². The molecule has 0 aliphatic carbocycles. The zero-order valence-corrected chi connectivity index (χ0v) is 16.2. The Morgan fingerprint density at radius 3 is 1.80 bits per heavy atom. The number of nitrogens with zero attached hydrogens (tertiary/aromatic N) is 3. The van der Waals surface area contributed by atoms with Crippen LogP contribution in [0.2, 0.25) is 0 Å². The van der Waals surface area contributed by atoms with E-state index in [0.717, 1.165) is 6.20 Å². The Hall–Kier alpha value is -1.22. The maximum Gasteiger partial charge on any atom is 0.398 e. The van der Waals surface area contributed by atoms with Crippen LogP contribution in [0.3, 0.4) is 0 Å². The second-order valence-corrected chi connectivity index (χ2v) is 8.15. The molecule has 0 aliphatic rings. The van der Waals surface area contributed by atoms with Gasteiger partial charge in [0.1, 0.15) is 6.20 Å². The van der Waals surface area contributed by atoms with E-state index >= 15 is 0 Å². The third-order valence-corrected chi connectivity index (χ3v) is 6.58. The number of hydrogen-bond donors (Lipinski definition) is 0. The SMILES string of the molecule is CCOP(=O)(OCC)c1ncc([N+](=O)[O-])c(P(=O)(OCC)OCC)n1. The van der Waals surface area contributed by atoms with E-state index in [1.807, 2.05) is 0 Å². The summed E-state index contributed by atoms with van der Waals surface area (Å²) in [6.45, 7) is 6.25. The van der Waals surface area contributed by atoms with Gasteiger partial charge in [0.2, 0.25) is 11.0 Å². The Morgan fingerprint density at radius 2 is 1.40 bits per heavy atom. The summed E-state index contributed by atoms with van der Waals surface area (Å²) in [5, 5.41) is 11.3. The van der Waals surface area contributed by atoms with Gasteiger partial charge in [0.05, 0.1) is 31.4 Å². The van der Waals surface area contributed by atoms with Crippen LogP contribution >= 0.6 is 15.2 Å². The van der Waals surface area contributed by atoms with Crippen LogP contribution < -0.4 is 11.0 Å². The number of rotatable bonds is 11. The molecule has 0 aromatic carbocycles. The van der Waals surface area contributed by atoms with E-state index in [4.69, 9.17) is 18.1 Å². The molecule has 13 heteroatoms. The normalized spacial score (nSPS) is 12.3. The predicted octanol–water partition coefficient (Wildman–Crippen LogP) is 2.17. The highest BCUT2D eigenvalue weighted by molar-refractivity contribution is 7.63. The van der Waals surface area contributed by atoms with Crippen LogP contribution in [0.15, 0.2) is 6.20 Å². The molecule has 11 nitrogen and oxygen atoms in total. The van der Waals surface area contributed by atoms with Gasteiger partial charge in [-0.15, -0.1) is 0 Å². The van der Waals surface area contributed by atoms with E-state index < -0.39 is 36.8 Å². The Bertz CT molecular complexity index is 679. The molecular weight excluding hydrogens is 376 g/mol. The van der Waals surface area contributed by atoms with Crippen molar-refractivity contribution in [2.45, 2.75) is 27.7 Å². The van der Waals surface area contributed by atoms with Crippen molar-refractivity contribution in [2.75, 3.05) is 26.4 Å². The lowest BCUT2D eigenvalue weighted by molar-refractivity contribution is -0.384. The molecule has 0 aliphatic heterocycles. The van der Waals surface area contributed by atoms with Crippen molar-refractivity contribution < 1.29 is 32.1 Å². The summed E-state index contributed by atoms with van der Waals surface area (Å²) in [5.74, 6) is 0. The molecule has 0 N–H and O–H groups in total. The molecule has 1 aromatic heterocycles. The van der Waals surface area contributed by atoms with Crippen LogP contribution in [0.1, 0.15) is 27.7 Å². The second kappa shape index (κ2) is 9.47. The Kier molecular flexibility index (Phi) is 8.27. The molecule has 0 bridgehead atoms. The molecule has 0 saturated heterocycles. The van der Waals surface area contributed by atoms with Gasteiger partial charge in [-0.1, -0.05) is 0 Å². The smallest absolute Gasteiger partial charge is 0.304 e. The average Bonchev–Trinajstić information content (AvgIpc) is 2.55. The third kappa shape index (κ3) is 5.13. The minimum Gasteiger partial charge on any atom is -0.304 e. The van der Waals surface area contributed by atoms with Crippen molar-refractivity contribution in [3.63, 3.8) is 0 Å². The van der Waals surface area contributed by atoms with E-state index in [2.05, 4.69) is 9.97 Å². The molecule has 1 rings (SSSR count). The van der Waals surface area contributed by atoms with Crippen LogP contribution in [-0.4, -0.2) is 41.3 Å². The maximum atomic E-state index is 12.9. The molecule has 1 heterocycles. The fraction of sp³-hybridized carbons (Fsp3) is 0.667. The summed E-state index contributed by atoms with van der Waals surface area (Å²) in [7, 11) is -8.06.